The third-order valence-electron chi connectivity index (χ3n) is 2.54. The Balaban J connectivity index is 2.03. The van der Waals surface area contributed by atoms with Crippen molar-refractivity contribution in [2.75, 3.05) is 12.4 Å². The Morgan fingerprint density at radius 3 is 2.79 bits per heavy atom. The number of benzene rings is 1. The molecule has 1 amide bonds. The first-order valence-corrected chi connectivity index (χ1v) is 6.80. The van der Waals surface area contributed by atoms with Crippen LogP contribution in [0.5, 0.6) is 5.75 Å². The van der Waals surface area contributed by atoms with Crippen LogP contribution in [-0.4, -0.2) is 18.0 Å². The molecule has 2 rings (SSSR count). The molecular weight excluding hydrogens is 355 g/mol. The topological polar surface area (TPSA) is 51.2 Å². The molecule has 0 unspecified atom stereocenters. The molecule has 0 saturated heterocycles. The number of hydrogen-bond donors (Lipinski definition) is 1. The second-order valence-corrected chi connectivity index (χ2v) is 5.14. The Kier molecular flexibility index (Phi) is 4.73. The summed E-state index contributed by atoms with van der Waals surface area (Å²) in [6.07, 6.45) is 1.97. The lowest BCUT2D eigenvalue weighted by Crippen LogP contribution is -2.15. The second-order valence-electron chi connectivity index (χ2n) is 3.90. The summed E-state index contributed by atoms with van der Waals surface area (Å²) < 4.78 is 6.24. The van der Waals surface area contributed by atoms with Gasteiger partial charge in [0, 0.05) is 15.3 Å². The predicted octanol–water partition coefficient (Wildman–Crippen LogP) is 2.88. The first kappa shape index (κ1) is 13.8. The van der Waals surface area contributed by atoms with E-state index in [1.165, 1.54) is 0 Å². The number of carbonyl (C=O) groups is 1. The molecule has 0 aliphatic rings. The van der Waals surface area contributed by atoms with Crippen LogP contribution in [0.3, 0.4) is 0 Å². The van der Waals surface area contributed by atoms with Gasteiger partial charge in [0.15, 0.2) is 0 Å². The molecule has 0 atom stereocenters. The van der Waals surface area contributed by atoms with E-state index in [-0.39, 0.29) is 12.3 Å². The van der Waals surface area contributed by atoms with E-state index in [1.54, 1.807) is 19.4 Å². The molecule has 1 aromatic carbocycles. The van der Waals surface area contributed by atoms with Gasteiger partial charge in [0.1, 0.15) is 11.6 Å². The van der Waals surface area contributed by atoms with Crippen LogP contribution in [0.25, 0.3) is 0 Å². The Hall–Kier alpha value is -1.63. The number of anilines is 1. The average molecular weight is 368 g/mol. The normalized spacial score (nSPS) is 10.0. The number of methoxy groups -OCH3 is 1. The standard InChI is InChI=1S/C14H13IN2O2/c1-19-12-5-3-2-4-10(12)8-14(18)17-13-7-6-11(15)9-16-13/h2-7,9H,8H2,1H3,(H,16,17,18). The molecule has 1 heterocycles. The van der Waals surface area contributed by atoms with Crippen LogP contribution in [-0.2, 0) is 11.2 Å². The third-order valence-corrected chi connectivity index (χ3v) is 3.18. The Labute approximate surface area is 125 Å². The fourth-order valence-corrected chi connectivity index (χ4v) is 1.98. The van der Waals surface area contributed by atoms with E-state index in [9.17, 15) is 4.79 Å². The number of halogens is 1. The van der Waals surface area contributed by atoms with Crippen molar-refractivity contribution < 1.29 is 9.53 Å². The highest BCUT2D eigenvalue weighted by atomic mass is 127. The van der Waals surface area contributed by atoms with Crippen molar-refractivity contribution in [2.24, 2.45) is 0 Å². The highest BCUT2D eigenvalue weighted by Gasteiger charge is 2.08. The minimum absolute atomic E-state index is 0.113. The molecule has 0 aliphatic carbocycles. The van der Waals surface area contributed by atoms with Crippen molar-refractivity contribution in [1.82, 2.24) is 4.98 Å². The Morgan fingerprint density at radius 2 is 2.11 bits per heavy atom. The summed E-state index contributed by atoms with van der Waals surface area (Å²) in [5, 5.41) is 2.76. The predicted molar refractivity (Wildman–Crippen MR) is 82.3 cm³/mol. The number of ether oxygens (including phenoxy) is 1. The van der Waals surface area contributed by atoms with Gasteiger partial charge >= 0.3 is 0 Å². The van der Waals surface area contributed by atoms with Crippen molar-refractivity contribution in [3.05, 3.63) is 51.7 Å². The molecule has 98 valence electrons. The zero-order valence-corrected chi connectivity index (χ0v) is 12.5. The van der Waals surface area contributed by atoms with Gasteiger partial charge in [0.05, 0.1) is 13.5 Å². The lowest BCUT2D eigenvalue weighted by atomic mass is 10.1. The van der Waals surface area contributed by atoms with E-state index in [1.807, 2.05) is 30.3 Å². The summed E-state index contributed by atoms with van der Waals surface area (Å²) in [7, 11) is 1.59. The molecule has 0 fully saturated rings. The first-order valence-electron chi connectivity index (χ1n) is 5.72. The van der Waals surface area contributed by atoms with Gasteiger partial charge in [-0.05, 0) is 40.8 Å². The molecule has 1 N–H and O–H groups in total. The summed E-state index contributed by atoms with van der Waals surface area (Å²) in [4.78, 5) is 16.1. The van der Waals surface area contributed by atoms with Gasteiger partial charge in [-0.15, -0.1) is 0 Å². The summed E-state index contributed by atoms with van der Waals surface area (Å²) in [5.41, 5.74) is 0.855. The van der Waals surface area contributed by atoms with Gasteiger partial charge in [-0.1, -0.05) is 18.2 Å². The molecule has 1 aromatic heterocycles. The highest BCUT2D eigenvalue weighted by molar-refractivity contribution is 14.1. The molecular formula is C14H13IN2O2. The van der Waals surface area contributed by atoms with Crippen molar-refractivity contribution in [3.63, 3.8) is 0 Å². The average Bonchev–Trinajstić information content (AvgIpc) is 2.42. The maximum atomic E-state index is 11.9. The Bertz CT molecular complexity index is 570. The number of nitrogens with zero attached hydrogens (tertiary/aromatic N) is 1. The number of rotatable bonds is 4. The first-order chi connectivity index (χ1) is 9.19. The van der Waals surface area contributed by atoms with E-state index >= 15 is 0 Å². The fraction of sp³-hybridized carbons (Fsp3) is 0.143. The van der Waals surface area contributed by atoms with Crippen LogP contribution >= 0.6 is 22.6 Å². The largest absolute Gasteiger partial charge is 0.496 e. The van der Waals surface area contributed by atoms with Crippen LogP contribution < -0.4 is 10.1 Å². The number of pyridine rings is 1. The number of para-hydroxylation sites is 1. The SMILES string of the molecule is COc1ccccc1CC(=O)Nc1ccc(I)cn1. The van der Waals surface area contributed by atoms with Crippen LogP contribution in [0, 0.1) is 3.57 Å². The van der Waals surface area contributed by atoms with E-state index < -0.39 is 0 Å². The number of hydrogen-bond acceptors (Lipinski definition) is 3. The van der Waals surface area contributed by atoms with Crippen molar-refractivity contribution in [2.45, 2.75) is 6.42 Å². The summed E-state index contributed by atoms with van der Waals surface area (Å²) >= 11 is 2.17. The summed E-state index contributed by atoms with van der Waals surface area (Å²) in [6, 6.07) is 11.1. The number of amides is 1. The minimum Gasteiger partial charge on any atom is -0.496 e. The van der Waals surface area contributed by atoms with Crippen LogP contribution in [0.15, 0.2) is 42.6 Å². The van der Waals surface area contributed by atoms with E-state index in [0.29, 0.717) is 11.6 Å². The minimum atomic E-state index is -0.113. The maximum absolute atomic E-state index is 11.9. The van der Waals surface area contributed by atoms with E-state index in [2.05, 4.69) is 32.9 Å². The van der Waals surface area contributed by atoms with Gasteiger partial charge in [-0.2, -0.15) is 0 Å². The molecule has 0 aliphatic heterocycles. The van der Waals surface area contributed by atoms with Gasteiger partial charge in [-0.25, -0.2) is 4.98 Å². The van der Waals surface area contributed by atoms with Gasteiger partial charge in [-0.3, -0.25) is 4.79 Å². The van der Waals surface area contributed by atoms with E-state index in [0.717, 1.165) is 9.13 Å². The smallest absolute Gasteiger partial charge is 0.230 e. The van der Waals surface area contributed by atoms with Crippen LogP contribution in [0.2, 0.25) is 0 Å². The Morgan fingerprint density at radius 1 is 1.32 bits per heavy atom. The summed E-state index contributed by atoms with van der Waals surface area (Å²) in [6.45, 7) is 0. The van der Waals surface area contributed by atoms with Gasteiger partial charge < -0.3 is 10.1 Å². The second kappa shape index (κ2) is 6.51. The van der Waals surface area contributed by atoms with Gasteiger partial charge in [0.25, 0.3) is 0 Å². The third kappa shape index (κ3) is 3.92. The molecule has 0 bridgehead atoms. The van der Waals surface area contributed by atoms with Gasteiger partial charge in [0.2, 0.25) is 5.91 Å². The molecule has 2 aromatic rings. The number of carbonyl (C=O) groups excluding carboxylic acids is 1. The molecule has 0 radical (unpaired) electrons. The molecule has 19 heavy (non-hydrogen) atoms. The van der Waals surface area contributed by atoms with Crippen molar-refractivity contribution >= 4 is 34.3 Å². The molecule has 4 nitrogen and oxygen atoms in total. The maximum Gasteiger partial charge on any atom is 0.230 e. The highest BCUT2D eigenvalue weighted by Crippen LogP contribution is 2.18. The van der Waals surface area contributed by atoms with Crippen molar-refractivity contribution in [3.8, 4) is 5.75 Å². The fourth-order valence-electron chi connectivity index (χ4n) is 1.66. The number of aromatic nitrogens is 1. The lowest BCUT2D eigenvalue weighted by molar-refractivity contribution is -0.115. The lowest BCUT2D eigenvalue weighted by Gasteiger charge is -2.08. The number of nitrogens with one attached hydrogen (secondary N) is 1. The zero-order valence-electron chi connectivity index (χ0n) is 10.4. The molecule has 5 heteroatoms. The van der Waals surface area contributed by atoms with Crippen LogP contribution in [0.1, 0.15) is 5.56 Å². The monoisotopic (exact) mass is 368 g/mol. The van der Waals surface area contributed by atoms with Crippen LogP contribution in [0.4, 0.5) is 5.82 Å². The summed E-state index contributed by atoms with van der Waals surface area (Å²) in [5.74, 6) is 1.16. The molecule has 0 spiro atoms. The zero-order chi connectivity index (χ0) is 13.7. The van der Waals surface area contributed by atoms with Crippen molar-refractivity contribution in [1.29, 1.82) is 0 Å². The quantitative estimate of drug-likeness (QED) is 0.845. The molecule has 0 saturated carbocycles. The van der Waals surface area contributed by atoms with E-state index in [4.69, 9.17) is 4.74 Å².